The molecule has 0 aromatic heterocycles. The van der Waals surface area contributed by atoms with E-state index in [9.17, 15) is 4.39 Å². The van der Waals surface area contributed by atoms with Crippen molar-refractivity contribution in [3.05, 3.63) is 62.9 Å². The molecule has 0 bridgehead atoms. The van der Waals surface area contributed by atoms with Gasteiger partial charge in [0.2, 0.25) is 0 Å². The Morgan fingerprint density at radius 1 is 1.22 bits per heavy atom. The molecule has 0 amide bonds. The van der Waals surface area contributed by atoms with Crippen LogP contribution in [0, 0.1) is 5.82 Å². The first-order valence-corrected chi connectivity index (χ1v) is 7.93. The van der Waals surface area contributed by atoms with E-state index in [4.69, 9.17) is 32.7 Å². The van der Waals surface area contributed by atoms with Crippen molar-refractivity contribution >= 4 is 23.2 Å². The zero-order chi connectivity index (χ0) is 16.4. The summed E-state index contributed by atoms with van der Waals surface area (Å²) in [5, 5.41) is 1.06. The number of hydrogen-bond acceptors (Lipinski definition) is 3. The van der Waals surface area contributed by atoms with Gasteiger partial charge in [-0.3, -0.25) is 4.90 Å². The van der Waals surface area contributed by atoms with Crippen LogP contribution in [0.2, 0.25) is 10.0 Å². The monoisotopic (exact) mass is 355 g/mol. The van der Waals surface area contributed by atoms with Gasteiger partial charge in [-0.1, -0.05) is 29.3 Å². The minimum Gasteiger partial charge on any atom is -0.467 e. The van der Waals surface area contributed by atoms with Crippen LogP contribution in [-0.2, 0) is 24.4 Å². The Kier molecular flexibility index (Phi) is 5.07. The molecule has 2 aromatic rings. The standard InChI is InChI=1S/C17H16Cl2FNO2/c1-21(8-14-15(19)3-2-4-16(14)20)7-11-5-13(18)6-12-9-22-10-23-17(11)12/h2-6H,7-10H2,1H3. The molecule has 0 radical (unpaired) electrons. The third kappa shape index (κ3) is 3.78. The molecular weight excluding hydrogens is 340 g/mol. The number of halogens is 3. The molecule has 23 heavy (non-hydrogen) atoms. The van der Waals surface area contributed by atoms with E-state index < -0.39 is 0 Å². The van der Waals surface area contributed by atoms with E-state index in [2.05, 4.69) is 0 Å². The second-order valence-electron chi connectivity index (χ2n) is 5.54. The van der Waals surface area contributed by atoms with Crippen molar-refractivity contribution in [1.82, 2.24) is 4.90 Å². The molecule has 122 valence electrons. The van der Waals surface area contributed by atoms with Crippen molar-refractivity contribution in [3.8, 4) is 5.75 Å². The van der Waals surface area contributed by atoms with Gasteiger partial charge in [0.1, 0.15) is 11.6 Å². The summed E-state index contributed by atoms with van der Waals surface area (Å²) in [7, 11) is 1.90. The van der Waals surface area contributed by atoms with Gasteiger partial charge in [0.15, 0.2) is 6.79 Å². The maximum absolute atomic E-state index is 13.9. The van der Waals surface area contributed by atoms with Gasteiger partial charge < -0.3 is 9.47 Å². The van der Waals surface area contributed by atoms with Crippen LogP contribution in [0.1, 0.15) is 16.7 Å². The van der Waals surface area contributed by atoms with Gasteiger partial charge in [-0.05, 0) is 31.3 Å². The number of rotatable bonds is 4. The van der Waals surface area contributed by atoms with Gasteiger partial charge in [-0.15, -0.1) is 0 Å². The molecule has 3 nitrogen and oxygen atoms in total. The normalized spacial score (nSPS) is 13.8. The first-order chi connectivity index (χ1) is 11.0. The fourth-order valence-electron chi connectivity index (χ4n) is 2.67. The summed E-state index contributed by atoms with van der Waals surface area (Å²) >= 11 is 12.3. The van der Waals surface area contributed by atoms with E-state index in [1.54, 1.807) is 12.1 Å². The van der Waals surface area contributed by atoms with Gasteiger partial charge in [-0.25, -0.2) is 4.39 Å². The molecule has 0 unspecified atom stereocenters. The smallest absolute Gasteiger partial charge is 0.189 e. The van der Waals surface area contributed by atoms with Crippen molar-refractivity contribution in [1.29, 1.82) is 0 Å². The maximum atomic E-state index is 13.9. The molecule has 0 fully saturated rings. The lowest BCUT2D eigenvalue weighted by molar-refractivity contribution is -0.0174. The number of nitrogens with zero attached hydrogens (tertiary/aromatic N) is 1. The van der Waals surface area contributed by atoms with E-state index in [1.165, 1.54) is 6.07 Å². The highest BCUT2D eigenvalue weighted by atomic mass is 35.5. The molecule has 1 aliphatic heterocycles. The lowest BCUT2D eigenvalue weighted by Gasteiger charge is -2.24. The predicted molar refractivity (Wildman–Crippen MR) is 88.3 cm³/mol. The molecule has 2 aromatic carbocycles. The van der Waals surface area contributed by atoms with Crippen molar-refractivity contribution in [3.63, 3.8) is 0 Å². The van der Waals surface area contributed by atoms with Crippen molar-refractivity contribution in [2.45, 2.75) is 19.7 Å². The van der Waals surface area contributed by atoms with Crippen molar-refractivity contribution in [2.75, 3.05) is 13.8 Å². The molecule has 0 aliphatic carbocycles. The lowest BCUT2D eigenvalue weighted by Crippen LogP contribution is -2.20. The summed E-state index contributed by atoms with van der Waals surface area (Å²) in [6, 6.07) is 8.41. The maximum Gasteiger partial charge on any atom is 0.189 e. The predicted octanol–water partition coefficient (Wildman–Crippen LogP) is 4.63. The topological polar surface area (TPSA) is 21.7 Å². The molecule has 1 heterocycles. The van der Waals surface area contributed by atoms with Crippen LogP contribution in [0.15, 0.2) is 30.3 Å². The van der Waals surface area contributed by atoms with E-state index >= 15 is 0 Å². The van der Waals surface area contributed by atoms with E-state index in [0.29, 0.717) is 35.3 Å². The van der Waals surface area contributed by atoms with Crippen molar-refractivity contribution in [2.24, 2.45) is 0 Å². The molecule has 0 saturated heterocycles. The minimum atomic E-state index is -0.304. The Balaban J connectivity index is 1.81. The third-order valence-corrected chi connectivity index (χ3v) is 4.25. The number of ether oxygens (including phenoxy) is 2. The van der Waals surface area contributed by atoms with E-state index in [0.717, 1.165) is 16.9 Å². The molecule has 3 rings (SSSR count). The summed E-state index contributed by atoms with van der Waals surface area (Å²) in [5.74, 6) is 0.495. The lowest BCUT2D eigenvalue weighted by atomic mass is 10.1. The highest BCUT2D eigenvalue weighted by Crippen LogP contribution is 2.32. The summed E-state index contributed by atoms with van der Waals surface area (Å²) in [6.07, 6.45) is 0. The van der Waals surface area contributed by atoms with Gasteiger partial charge >= 0.3 is 0 Å². The average molecular weight is 356 g/mol. The summed E-state index contributed by atoms with van der Waals surface area (Å²) in [4.78, 5) is 1.97. The third-order valence-electron chi connectivity index (χ3n) is 3.68. The van der Waals surface area contributed by atoms with Crippen LogP contribution in [0.5, 0.6) is 5.75 Å². The Bertz CT molecular complexity index is 704. The Morgan fingerprint density at radius 2 is 2.04 bits per heavy atom. The zero-order valence-corrected chi connectivity index (χ0v) is 14.1. The molecule has 0 atom stereocenters. The van der Waals surface area contributed by atoms with E-state index in [1.807, 2.05) is 24.1 Å². The van der Waals surface area contributed by atoms with Gasteiger partial charge in [0.05, 0.1) is 6.61 Å². The summed E-state index contributed by atoms with van der Waals surface area (Å²) in [6.45, 7) is 1.66. The van der Waals surface area contributed by atoms with E-state index in [-0.39, 0.29) is 12.6 Å². The first kappa shape index (κ1) is 16.5. The molecule has 6 heteroatoms. The Hall–Kier alpha value is -1.33. The van der Waals surface area contributed by atoms with Crippen LogP contribution >= 0.6 is 23.2 Å². The Labute approximate surface area is 144 Å². The highest BCUT2D eigenvalue weighted by molar-refractivity contribution is 6.31. The van der Waals surface area contributed by atoms with Crippen LogP contribution < -0.4 is 4.74 Å². The largest absolute Gasteiger partial charge is 0.467 e. The SMILES string of the molecule is CN(Cc1cc(Cl)cc2c1OCOC2)Cc1c(F)cccc1Cl. The second-order valence-corrected chi connectivity index (χ2v) is 6.38. The highest BCUT2D eigenvalue weighted by Gasteiger charge is 2.18. The van der Waals surface area contributed by atoms with Crippen LogP contribution in [-0.4, -0.2) is 18.7 Å². The van der Waals surface area contributed by atoms with Gasteiger partial charge in [0.25, 0.3) is 0 Å². The Morgan fingerprint density at radius 3 is 2.83 bits per heavy atom. The average Bonchev–Trinajstić information content (AvgIpc) is 2.51. The van der Waals surface area contributed by atoms with Crippen LogP contribution in [0.3, 0.4) is 0 Å². The number of hydrogen-bond donors (Lipinski definition) is 0. The zero-order valence-electron chi connectivity index (χ0n) is 12.6. The minimum absolute atomic E-state index is 0.227. The quantitative estimate of drug-likeness (QED) is 0.797. The van der Waals surface area contributed by atoms with Crippen LogP contribution in [0.4, 0.5) is 4.39 Å². The number of benzene rings is 2. The molecule has 1 aliphatic rings. The van der Waals surface area contributed by atoms with Gasteiger partial charge in [-0.2, -0.15) is 0 Å². The fourth-order valence-corrected chi connectivity index (χ4v) is 3.16. The number of fused-ring (bicyclic) bond motifs is 1. The molecule has 0 saturated carbocycles. The molecule has 0 N–H and O–H groups in total. The first-order valence-electron chi connectivity index (χ1n) is 7.18. The fraction of sp³-hybridized carbons (Fsp3) is 0.294. The summed E-state index contributed by atoms with van der Waals surface area (Å²) in [5.41, 5.74) is 2.36. The molecule has 0 spiro atoms. The second kappa shape index (κ2) is 7.05. The molecular formula is C17H16Cl2FNO2. The van der Waals surface area contributed by atoms with Crippen LogP contribution in [0.25, 0.3) is 0 Å². The van der Waals surface area contributed by atoms with Gasteiger partial charge in [0, 0.05) is 39.8 Å². The van der Waals surface area contributed by atoms with Crippen molar-refractivity contribution < 1.29 is 13.9 Å². The summed E-state index contributed by atoms with van der Waals surface area (Å²) < 4.78 is 24.8.